The molecular formula is C19H42N4O2. The van der Waals surface area contributed by atoms with Crippen molar-refractivity contribution in [2.45, 2.75) is 46.0 Å². The molecule has 0 aliphatic carbocycles. The maximum Gasteiger partial charge on any atom is 0.295 e. The lowest BCUT2D eigenvalue weighted by Gasteiger charge is -2.06. The first-order chi connectivity index (χ1) is 12.2. The fraction of sp³-hybridized carbons (Fsp3) is 0.684. The van der Waals surface area contributed by atoms with Gasteiger partial charge in [0.2, 0.25) is 0 Å². The summed E-state index contributed by atoms with van der Waals surface area (Å²) in [5, 5.41) is 11.9. The van der Waals surface area contributed by atoms with Crippen LogP contribution in [0.15, 0.2) is 0 Å². The minimum Gasteiger partial charge on any atom is -0.345 e. The lowest BCUT2D eigenvalue weighted by molar-refractivity contribution is -0.116. The van der Waals surface area contributed by atoms with Crippen LogP contribution in [0, 0.1) is 24.7 Å². The Morgan fingerprint density at radius 2 is 1.04 bits per heavy atom. The van der Waals surface area contributed by atoms with E-state index in [0.717, 1.165) is 51.9 Å². The summed E-state index contributed by atoms with van der Waals surface area (Å²) < 4.78 is 0. The lowest BCUT2D eigenvalue weighted by atomic mass is 10.2. The maximum atomic E-state index is 10.8. The molecule has 6 heteroatoms. The third-order valence-electron chi connectivity index (χ3n) is 3.10. The van der Waals surface area contributed by atoms with Gasteiger partial charge in [-0.25, -0.2) is 0 Å². The van der Waals surface area contributed by atoms with Gasteiger partial charge in [-0.3, -0.25) is 9.59 Å². The van der Waals surface area contributed by atoms with Crippen molar-refractivity contribution in [1.29, 1.82) is 0 Å². The Labute approximate surface area is 159 Å². The van der Waals surface area contributed by atoms with Gasteiger partial charge in [0.1, 0.15) is 0 Å². The quantitative estimate of drug-likeness (QED) is 0.281. The van der Waals surface area contributed by atoms with Crippen LogP contribution in [0.25, 0.3) is 0 Å². The van der Waals surface area contributed by atoms with Crippen LogP contribution in [0.4, 0.5) is 0 Å². The van der Waals surface area contributed by atoms with Crippen LogP contribution in [0.2, 0.25) is 0 Å². The predicted molar refractivity (Wildman–Crippen MR) is 112 cm³/mol. The average Bonchev–Trinajstić information content (AvgIpc) is 2.65. The first-order valence-electron chi connectivity index (χ1n) is 9.11. The summed E-state index contributed by atoms with van der Waals surface area (Å²) in [4.78, 5) is 21.5. The number of terminal acetylenes is 2. The minimum absolute atomic E-state index is 0. The van der Waals surface area contributed by atoms with E-state index in [1.165, 1.54) is 6.42 Å². The highest BCUT2D eigenvalue weighted by Crippen LogP contribution is 1.92. The van der Waals surface area contributed by atoms with E-state index >= 15 is 0 Å². The van der Waals surface area contributed by atoms with Gasteiger partial charge in [0.15, 0.2) is 0 Å². The molecule has 0 saturated heterocycles. The Balaban J connectivity index is -0.000000213. The van der Waals surface area contributed by atoms with Crippen molar-refractivity contribution in [2.24, 2.45) is 0 Å². The van der Waals surface area contributed by atoms with Gasteiger partial charge in [0.05, 0.1) is 0 Å². The monoisotopic (exact) mass is 358 g/mol. The molecule has 0 atom stereocenters. The second-order valence-electron chi connectivity index (χ2n) is 5.07. The molecule has 0 rings (SSSR count). The first kappa shape index (κ1) is 25.2. The highest BCUT2D eigenvalue weighted by molar-refractivity contribution is 5.93. The summed E-state index contributed by atoms with van der Waals surface area (Å²) in [6.07, 6.45) is 15.1. The van der Waals surface area contributed by atoms with E-state index in [0.29, 0.717) is 13.1 Å². The number of hydrogen-bond donors (Lipinski definition) is 4. The molecule has 0 aromatic carbocycles. The Morgan fingerprint density at radius 3 is 1.40 bits per heavy atom. The summed E-state index contributed by atoms with van der Waals surface area (Å²) in [6, 6.07) is 0. The number of carbonyl (C=O) groups excluding carboxylic acids is 2. The summed E-state index contributed by atoms with van der Waals surface area (Å²) in [7, 11) is 0. The van der Waals surface area contributed by atoms with Crippen LogP contribution in [0.3, 0.4) is 0 Å². The second kappa shape index (κ2) is 22.0. The van der Waals surface area contributed by atoms with Crippen molar-refractivity contribution >= 4 is 11.8 Å². The zero-order chi connectivity index (χ0) is 19.2. The molecule has 150 valence electrons. The van der Waals surface area contributed by atoms with Crippen molar-refractivity contribution < 1.29 is 15.3 Å². The highest BCUT2D eigenvalue weighted by atomic mass is 16.2. The molecule has 0 aliphatic heterocycles. The van der Waals surface area contributed by atoms with E-state index in [2.05, 4.69) is 21.3 Å². The molecule has 0 radical (unpaired) electrons. The third-order valence-corrected chi connectivity index (χ3v) is 3.10. The fourth-order valence-electron chi connectivity index (χ4n) is 1.86. The zero-order valence-electron chi connectivity index (χ0n) is 15.7. The number of carbonyl (C=O) groups is 2. The minimum atomic E-state index is -0.351. The molecule has 0 fully saturated rings. The molecule has 0 spiro atoms. The number of hydrogen-bond acceptors (Lipinski definition) is 4. The van der Waals surface area contributed by atoms with Gasteiger partial charge in [-0.15, -0.1) is 12.8 Å². The Hall–Kier alpha value is -2.02. The molecule has 0 bridgehead atoms. The fourth-order valence-corrected chi connectivity index (χ4v) is 1.86. The smallest absolute Gasteiger partial charge is 0.295 e. The van der Waals surface area contributed by atoms with E-state index < -0.39 is 0 Å². The number of nitrogens with one attached hydrogen (secondary N) is 4. The van der Waals surface area contributed by atoms with E-state index in [9.17, 15) is 9.59 Å². The van der Waals surface area contributed by atoms with Crippen molar-refractivity contribution in [3.8, 4) is 24.7 Å². The van der Waals surface area contributed by atoms with Gasteiger partial charge in [-0.1, -0.05) is 20.3 Å². The van der Waals surface area contributed by atoms with E-state index in [1.54, 1.807) is 0 Å². The Morgan fingerprint density at radius 1 is 0.680 bits per heavy atom. The lowest BCUT2D eigenvalue weighted by Crippen LogP contribution is -2.27. The van der Waals surface area contributed by atoms with E-state index in [1.807, 2.05) is 25.7 Å². The van der Waals surface area contributed by atoms with Crippen LogP contribution in [0.1, 0.15) is 51.7 Å². The van der Waals surface area contributed by atoms with Crippen LogP contribution < -0.4 is 21.3 Å². The molecule has 0 unspecified atom stereocenters. The summed E-state index contributed by atoms with van der Waals surface area (Å²) in [5.74, 6) is 3.33. The van der Waals surface area contributed by atoms with Crippen molar-refractivity contribution in [3.05, 3.63) is 0 Å². The van der Waals surface area contributed by atoms with Gasteiger partial charge in [-0.2, -0.15) is 0 Å². The van der Waals surface area contributed by atoms with Gasteiger partial charge in [-0.05, 0) is 63.7 Å². The molecule has 0 aromatic rings. The zero-order valence-corrected chi connectivity index (χ0v) is 15.7. The van der Waals surface area contributed by atoms with Gasteiger partial charge >= 0.3 is 0 Å². The van der Waals surface area contributed by atoms with Gasteiger partial charge in [0, 0.05) is 18.8 Å². The summed E-state index contributed by atoms with van der Waals surface area (Å²) >= 11 is 0. The first-order valence-corrected chi connectivity index (χ1v) is 9.11. The SMILES string of the molecule is C#CC(=O)NCCCNCCCCCNCCCNC(=O)C#C.CC.[HH].[HH].[HH].[HH]. The molecule has 25 heavy (non-hydrogen) atoms. The average molecular weight is 359 g/mol. The molecule has 0 heterocycles. The molecule has 6 nitrogen and oxygen atoms in total. The summed E-state index contributed by atoms with van der Waals surface area (Å²) in [5.41, 5.74) is 0. The van der Waals surface area contributed by atoms with Crippen LogP contribution >= 0.6 is 0 Å². The standard InChI is InChI=1S/C17H28N4O2.C2H6.4H2/c1-3-16(22)20-14-8-12-18-10-6-5-7-11-19-13-9-15-21-17(23)4-2;1-2;;;;/h1-2,18-19H,5-15H2,(H,20,22)(H,21,23);1-2H3;4*1H. The van der Waals surface area contributed by atoms with Crippen molar-refractivity contribution in [3.63, 3.8) is 0 Å². The molecule has 0 saturated carbocycles. The highest BCUT2D eigenvalue weighted by Gasteiger charge is 1.95. The van der Waals surface area contributed by atoms with E-state index in [-0.39, 0.29) is 17.5 Å². The van der Waals surface area contributed by atoms with Gasteiger partial charge < -0.3 is 21.3 Å². The van der Waals surface area contributed by atoms with Gasteiger partial charge in [0.25, 0.3) is 11.8 Å². The Bertz CT molecular complexity index is 389. The third kappa shape index (κ3) is 22.0. The number of rotatable bonds is 14. The molecule has 2 amide bonds. The maximum absolute atomic E-state index is 10.8. The van der Waals surface area contributed by atoms with Crippen LogP contribution in [-0.4, -0.2) is 51.1 Å². The van der Waals surface area contributed by atoms with Crippen LogP contribution in [-0.2, 0) is 9.59 Å². The predicted octanol–water partition coefficient (Wildman–Crippen LogP) is 1.63. The molecule has 0 aliphatic rings. The molecular weight excluding hydrogens is 316 g/mol. The molecule has 4 N–H and O–H groups in total. The van der Waals surface area contributed by atoms with E-state index in [4.69, 9.17) is 12.8 Å². The normalized spacial score (nSPS) is 9.12. The largest absolute Gasteiger partial charge is 0.345 e. The number of amides is 2. The van der Waals surface area contributed by atoms with Crippen LogP contribution in [0.5, 0.6) is 0 Å². The Kier molecular flexibility index (Phi) is 22.2. The summed E-state index contributed by atoms with van der Waals surface area (Å²) in [6.45, 7) is 8.96. The topological polar surface area (TPSA) is 82.3 Å². The second-order valence-corrected chi connectivity index (χ2v) is 5.07. The number of unbranched alkanes of at least 4 members (excludes halogenated alkanes) is 2. The molecule has 0 aromatic heterocycles. The van der Waals surface area contributed by atoms with Crippen molar-refractivity contribution in [1.82, 2.24) is 21.3 Å². The van der Waals surface area contributed by atoms with Crippen molar-refractivity contribution in [2.75, 3.05) is 39.3 Å².